The Morgan fingerprint density at radius 2 is 1.13 bits per heavy atom. The number of para-hydroxylation sites is 2. The van der Waals surface area contributed by atoms with Gasteiger partial charge in [0.2, 0.25) is 0 Å². The summed E-state index contributed by atoms with van der Waals surface area (Å²) in [5, 5.41) is 5.39. The van der Waals surface area contributed by atoms with E-state index in [-0.39, 0.29) is 0 Å². The molecule has 0 atom stereocenters. The van der Waals surface area contributed by atoms with Gasteiger partial charge in [0, 0.05) is 53.2 Å². The minimum atomic E-state index is 0.612. The fourth-order valence-electron chi connectivity index (χ4n) is 6.43. The molecule has 6 aromatic carbocycles. The molecule has 5 nitrogen and oxygen atoms in total. The molecule has 0 fully saturated rings. The van der Waals surface area contributed by atoms with Crippen molar-refractivity contribution in [2.75, 3.05) is 0 Å². The summed E-state index contributed by atoms with van der Waals surface area (Å²) in [4.78, 5) is 20.3. The molecule has 7 heteroatoms. The van der Waals surface area contributed by atoms with Crippen LogP contribution in [0, 0.1) is 0 Å². The van der Waals surface area contributed by atoms with E-state index < -0.39 is 0 Å². The van der Waals surface area contributed by atoms with E-state index in [1.54, 1.807) is 22.7 Å². The van der Waals surface area contributed by atoms with Gasteiger partial charge in [0.05, 0.1) is 10.2 Å². The van der Waals surface area contributed by atoms with E-state index in [1.165, 1.54) is 19.5 Å². The van der Waals surface area contributed by atoms with Gasteiger partial charge in [-0.05, 0) is 36.4 Å². The van der Waals surface area contributed by atoms with Gasteiger partial charge in [-0.1, -0.05) is 97.1 Å². The predicted octanol–water partition coefficient (Wildman–Crippen LogP) is 11.4. The molecule has 220 valence electrons. The second kappa shape index (κ2) is 10.4. The number of hydrogen-bond donors (Lipinski definition) is 0. The van der Waals surface area contributed by atoms with Crippen molar-refractivity contribution in [1.29, 1.82) is 0 Å². The molecule has 0 bridgehead atoms. The first kappa shape index (κ1) is 26.5. The Labute approximate surface area is 276 Å². The molecular formula is C40H22N4OS2. The van der Waals surface area contributed by atoms with E-state index in [2.05, 4.69) is 66.7 Å². The highest BCUT2D eigenvalue weighted by Gasteiger charge is 2.20. The number of fused-ring (bicyclic) bond motifs is 7. The van der Waals surface area contributed by atoms with Crippen molar-refractivity contribution in [3.63, 3.8) is 0 Å². The van der Waals surface area contributed by atoms with Gasteiger partial charge < -0.3 is 4.42 Å². The Bertz CT molecular complexity index is 2780. The minimum absolute atomic E-state index is 0.612. The largest absolute Gasteiger partial charge is 0.456 e. The van der Waals surface area contributed by atoms with Gasteiger partial charge in [0.25, 0.3) is 0 Å². The Hall–Kier alpha value is -5.76. The maximum atomic E-state index is 6.22. The first-order valence-electron chi connectivity index (χ1n) is 15.3. The maximum absolute atomic E-state index is 6.22. The number of furan rings is 1. The lowest BCUT2D eigenvalue weighted by Crippen LogP contribution is -2.00. The SMILES string of the molecule is c1ccc(-c2nc(-c3cccc4oc5ccccc5c34)nc(-c3cccc4sc5cc(-c6nc7ccccc7s6)ccc5c34)n2)cc1. The fourth-order valence-corrected chi connectivity index (χ4v) is 8.57. The summed E-state index contributed by atoms with van der Waals surface area (Å²) in [5.41, 5.74) is 6.63. The summed E-state index contributed by atoms with van der Waals surface area (Å²) in [6.07, 6.45) is 0. The van der Waals surface area contributed by atoms with Crippen molar-refractivity contribution in [3.8, 4) is 44.7 Å². The first-order valence-corrected chi connectivity index (χ1v) is 16.9. The number of thiophene rings is 1. The number of aromatic nitrogens is 4. The molecule has 0 aliphatic carbocycles. The van der Waals surface area contributed by atoms with Crippen molar-refractivity contribution < 1.29 is 4.42 Å². The van der Waals surface area contributed by atoms with Gasteiger partial charge in [0.1, 0.15) is 16.2 Å². The fraction of sp³-hybridized carbons (Fsp3) is 0. The van der Waals surface area contributed by atoms with Crippen LogP contribution in [-0.2, 0) is 0 Å². The maximum Gasteiger partial charge on any atom is 0.164 e. The molecule has 10 rings (SSSR count). The standard InChI is InChI=1S/C40H22N4OS2/c1-2-10-23(11-3-1)37-42-38(27-13-8-17-31-35(27)25-12-4-6-16-30(25)45-31)44-39(43-37)28-14-9-19-33-36(28)26-21-20-24(22-34(26)46-33)40-41-29-15-5-7-18-32(29)47-40/h1-22H. The highest BCUT2D eigenvalue weighted by Crippen LogP contribution is 2.43. The first-order chi connectivity index (χ1) is 23.3. The highest BCUT2D eigenvalue weighted by atomic mass is 32.1. The molecule has 0 spiro atoms. The topological polar surface area (TPSA) is 64.7 Å². The van der Waals surface area contributed by atoms with Gasteiger partial charge in [-0.15, -0.1) is 22.7 Å². The Morgan fingerprint density at radius 3 is 2.00 bits per heavy atom. The third-order valence-electron chi connectivity index (χ3n) is 8.59. The average Bonchev–Trinajstić information content (AvgIpc) is 3.84. The zero-order valence-corrected chi connectivity index (χ0v) is 26.3. The van der Waals surface area contributed by atoms with E-state index in [0.717, 1.165) is 60.1 Å². The molecule has 0 radical (unpaired) electrons. The molecular weight excluding hydrogens is 617 g/mol. The van der Waals surface area contributed by atoms with Crippen LogP contribution in [0.2, 0.25) is 0 Å². The number of rotatable bonds is 4. The number of hydrogen-bond acceptors (Lipinski definition) is 7. The lowest BCUT2D eigenvalue weighted by atomic mass is 10.0. The minimum Gasteiger partial charge on any atom is -0.456 e. The van der Waals surface area contributed by atoms with Crippen LogP contribution >= 0.6 is 22.7 Å². The second-order valence-corrected chi connectivity index (χ2v) is 13.5. The Morgan fingerprint density at radius 1 is 0.426 bits per heavy atom. The van der Waals surface area contributed by atoms with Gasteiger partial charge >= 0.3 is 0 Å². The molecule has 0 unspecified atom stereocenters. The molecule has 0 amide bonds. The van der Waals surface area contributed by atoms with E-state index >= 15 is 0 Å². The van der Waals surface area contributed by atoms with Crippen LogP contribution in [0.4, 0.5) is 0 Å². The summed E-state index contributed by atoms with van der Waals surface area (Å²) >= 11 is 3.51. The molecule has 0 N–H and O–H groups in total. The molecule has 0 saturated heterocycles. The van der Waals surface area contributed by atoms with Crippen molar-refractivity contribution in [2.24, 2.45) is 0 Å². The Kier molecular flexibility index (Phi) is 5.85. The number of thiazole rings is 1. The zero-order valence-electron chi connectivity index (χ0n) is 24.7. The predicted molar refractivity (Wildman–Crippen MR) is 195 cm³/mol. The molecule has 10 aromatic rings. The smallest absolute Gasteiger partial charge is 0.164 e. The van der Waals surface area contributed by atoms with Crippen LogP contribution in [-0.4, -0.2) is 19.9 Å². The van der Waals surface area contributed by atoms with Gasteiger partial charge in [-0.25, -0.2) is 19.9 Å². The summed E-state index contributed by atoms with van der Waals surface area (Å²) in [5.74, 6) is 1.88. The number of nitrogens with zero attached hydrogens (tertiary/aromatic N) is 4. The van der Waals surface area contributed by atoms with Crippen LogP contribution in [0.15, 0.2) is 138 Å². The van der Waals surface area contributed by atoms with Crippen LogP contribution in [0.5, 0.6) is 0 Å². The van der Waals surface area contributed by atoms with Crippen molar-refractivity contribution in [3.05, 3.63) is 133 Å². The van der Waals surface area contributed by atoms with Gasteiger partial charge in [-0.2, -0.15) is 0 Å². The third kappa shape index (κ3) is 4.28. The monoisotopic (exact) mass is 638 g/mol. The lowest BCUT2D eigenvalue weighted by Gasteiger charge is -2.10. The third-order valence-corrected chi connectivity index (χ3v) is 10.8. The van der Waals surface area contributed by atoms with E-state index in [1.807, 2.05) is 66.7 Å². The van der Waals surface area contributed by atoms with Crippen molar-refractivity contribution >= 4 is 75.0 Å². The lowest BCUT2D eigenvalue weighted by molar-refractivity contribution is 0.669. The molecule has 47 heavy (non-hydrogen) atoms. The molecule has 0 aliphatic rings. The molecule has 4 heterocycles. The second-order valence-electron chi connectivity index (χ2n) is 11.4. The number of benzene rings is 6. The van der Waals surface area contributed by atoms with E-state index in [4.69, 9.17) is 24.4 Å². The Balaban J connectivity index is 1.20. The van der Waals surface area contributed by atoms with E-state index in [9.17, 15) is 0 Å². The molecule has 0 aliphatic heterocycles. The quantitative estimate of drug-likeness (QED) is 0.192. The summed E-state index contributed by atoms with van der Waals surface area (Å²) in [6.45, 7) is 0. The van der Waals surface area contributed by atoms with Crippen LogP contribution in [0.25, 0.3) is 97.1 Å². The van der Waals surface area contributed by atoms with Crippen molar-refractivity contribution in [1.82, 2.24) is 19.9 Å². The van der Waals surface area contributed by atoms with Crippen LogP contribution in [0.3, 0.4) is 0 Å². The summed E-state index contributed by atoms with van der Waals surface area (Å²) in [7, 11) is 0. The zero-order chi connectivity index (χ0) is 30.9. The van der Waals surface area contributed by atoms with Crippen LogP contribution in [0.1, 0.15) is 0 Å². The normalized spacial score (nSPS) is 11.8. The van der Waals surface area contributed by atoms with Gasteiger partial charge in [0.15, 0.2) is 17.5 Å². The molecule has 4 aromatic heterocycles. The average molecular weight is 639 g/mol. The van der Waals surface area contributed by atoms with Gasteiger partial charge in [-0.3, -0.25) is 0 Å². The van der Waals surface area contributed by atoms with Crippen molar-refractivity contribution in [2.45, 2.75) is 0 Å². The highest BCUT2D eigenvalue weighted by molar-refractivity contribution is 7.26. The molecule has 0 saturated carbocycles. The van der Waals surface area contributed by atoms with E-state index in [0.29, 0.717) is 17.5 Å². The van der Waals surface area contributed by atoms with Crippen LogP contribution < -0.4 is 0 Å². The summed E-state index contributed by atoms with van der Waals surface area (Å²) < 4.78 is 9.81. The summed E-state index contributed by atoms with van der Waals surface area (Å²) in [6, 6.07) is 45.7.